The molecule has 0 unspecified atom stereocenters. The smallest absolute Gasteiger partial charge is 0.164 e. The van der Waals surface area contributed by atoms with E-state index in [4.69, 9.17) is 24.9 Å². The van der Waals surface area contributed by atoms with Gasteiger partial charge in [0.2, 0.25) is 0 Å². The average Bonchev–Trinajstić information content (AvgIpc) is 3.26. The molecule has 0 spiro atoms. The van der Waals surface area contributed by atoms with Crippen LogP contribution in [0.15, 0.2) is 182 Å². The van der Waals surface area contributed by atoms with E-state index < -0.39 is 0 Å². The van der Waals surface area contributed by atoms with E-state index in [1.807, 2.05) is 127 Å². The quantitative estimate of drug-likeness (QED) is 0.165. The summed E-state index contributed by atoms with van der Waals surface area (Å²) < 4.78 is 0. The Balaban J connectivity index is 1.17. The Morgan fingerprint density at radius 1 is 0.333 bits per heavy atom. The Labute approximate surface area is 312 Å². The Bertz CT molecular complexity index is 2840. The van der Waals surface area contributed by atoms with Gasteiger partial charge in [-0.2, -0.15) is 5.26 Å². The molecule has 0 aliphatic carbocycles. The Morgan fingerprint density at radius 3 is 1.57 bits per heavy atom. The second-order valence-electron chi connectivity index (χ2n) is 12.9. The highest BCUT2D eigenvalue weighted by atomic mass is 15.0. The van der Waals surface area contributed by atoms with Gasteiger partial charge in [-0.15, -0.1) is 0 Å². The molecule has 0 amide bonds. The van der Waals surface area contributed by atoms with Crippen LogP contribution in [0.1, 0.15) is 5.56 Å². The van der Waals surface area contributed by atoms with Crippen LogP contribution in [0.2, 0.25) is 0 Å². The number of rotatable bonds is 7. The maximum atomic E-state index is 9.51. The first-order valence-corrected chi connectivity index (χ1v) is 17.6. The molecule has 252 valence electrons. The molecule has 6 heteroatoms. The molecule has 0 bridgehead atoms. The first-order chi connectivity index (χ1) is 26.7. The van der Waals surface area contributed by atoms with Crippen LogP contribution in [0.3, 0.4) is 0 Å². The molecule has 0 N–H and O–H groups in total. The molecule has 0 aliphatic rings. The highest BCUT2D eigenvalue weighted by Gasteiger charge is 2.17. The number of para-hydroxylation sites is 1. The molecule has 6 nitrogen and oxygen atoms in total. The molecule has 2 aromatic heterocycles. The Morgan fingerprint density at radius 2 is 0.833 bits per heavy atom. The number of nitrogens with zero attached hydrogens (tertiary/aromatic N) is 6. The highest BCUT2D eigenvalue weighted by Crippen LogP contribution is 2.36. The van der Waals surface area contributed by atoms with E-state index in [1.54, 1.807) is 0 Å². The third-order valence-electron chi connectivity index (χ3n) is 9.36. The molecule has 0 saturated carbocycles. The summed E-state index contributed by atoms with van der Waals surface area (Å²) in [5.74, 6) is 2.35. The summed E-state index contributed by atoms with van der Waals surface area (Å²) in [6.45, 7) is 0. The van der Waals surface area contributed by atoms with Gasteiger partial charge < -0.3 is 0 Å². The SMILES string of the molecule is N#Cc1cccc(-c2cccc(-c3nc(-c4ccccc4)nc(-c4ccccc4-c4cccc(-c5nc(-c6ccccc6)c6ccccc6n5)c4)n3)c2)c1. The van der Waals surface area contributed by atoms with E-state index in [0.29, 0.717) is 28.9 Å². The van der Waals surface area contributed by atoms with Crippen molar-refractivity contribution in [3.05, 3.63) is 188 Å². The lowest BCUT2D eigenvalue weighted by Crippen LogP contribution is -2.01. The van der Waals surface area contributed by atoms with Gasteiger partial charge in [0.05, 0.1) is 22.8 Å². The second-order valence-corrected chi connectivity index (χ2v) is 12.9. The molecule has 0 radical (unpaired) electrons. The number of hydrogen-bond acceptors (Lipinski definition) is 6. The van der Waals surface area contributed by atoms with E-state index in [1.165, 1.54) is 0 Å². The van der Waals surface area contributed by atoms with Crippen LogP contribution in [0.5, 0.6) is 0 Å². The topological polar surface area (TPSA) is 88.2 Å². The summed E-state index contributed by atoms with van der Waals surface area (Å²) in [4.78, 5) is 25.3. The summed E-state index contributed by atoms with van der Waals surface area (Å²) >= 11 is 0. The molecule has 0 fully saturated rings. The van der Waals surface area contributed by atoms with Gasteiger partial charge in [-0.25, -0.2) is 24.9 Å². The summed E-state index contributed by atoms with van der Waals surface area (Å²) in [6, 6.07) is 62.8. The van der Waals surface area contributed by atoms with Crippen LogP contribution in [0, 0.1) is 11.3 Å². The molecule has 0 atom stereocenters. The Hall–Kier alpha value is -7.62. The fourth-order valence-electron chi connectivity index (χ4n) is 6.73. The van der Waals surface area contributed by atoms with E-state index in [2.05, 4.69) is 60.7 Å². The van der Waals surface area contributed by atoms with Crippen molar-refractivity contribution in [2.45, 2.75) is 0 Å². The lowest BCUT2D eigenvalue weighted by molar-refractivity contribution is 1.07. The largest absolute Gasteiger partial charge is 0.228 e. The zero-order valence-electron chi connectivity index (χ0n) is 29.0. The summed E-state index contributed by atoms with van der Waals surface area (Å²) in [6.07, 6.45) is 0. The van der Waals surface area contributed by atoms with Crippen molar-refractivity contribution in [1.29, 1.82) is 5.26 Å². The fourth-order valence-corrected chi connectivity index (χ4v) is 6.73. The molecule has 0 aliphatic heterocycles. The third kappa shape index (κ3) is 6.38. The van der Waals surface area contributed by atoms with Gasteiger partial charge in [0.1, 0.15) is 0 Å². The van der Waals surface area contributed by atoms with Crippen molar-refractivity contribution in [2.24, 2.45) is 0 Å². The first kappa shape index (κ1) is 32.3. The molecular weight excluding hydrogens is 661 g/mol. The van der Waals surface area contributed by atoms with Gasteiger partial charge in [0.25, 0.3) is 0 Å². The zero-order chi connectivity index (χ0) is 36.3. The summed E-state index contributed by atoms with van der Waals surface area (Å²) in [5.41, 5.74) is 10.8. The lowest BCUT2D eigenvalue weighted by Gasteiger charge is -2.13. The molecule has 0 saturated heterocycles. The van der Waals surface area contributed by atoms with Crippen LogP contribution >= 0.6 is 0 Å². The number of nitriles is 1. The van der Waals surface area contributed by atoms with E-state index in [9.17, 15) is 5.26 Å². The van der Waals surface area contributed by atoms with Crippen LogP contribution in [0.25, 0.3) is 90.0 Å². The van der Waals surface area contributed by atoms with Crippen LogP contribution in [-0.2, 0) is 0 Å². The molecular formula is C48H30N6. The van der Waals surface area contributed by atoms with Crippen molar-refractivity contribution in [2.75, 3.05) is 0 Å². The maximum absolute atomic E-state index is 9.51. The molecule has 7 aromatic carbocycles. The van der Waals surface area contributed by atoms with Crippen LogP contribution in [-0.4, -0.2) is 24.9 Å². The van der Waals surface area contributed by atoms with Gasteiger partial charge in [-0.05, 0) is 52.6 Å². The first-order valence-electron chi connectivity index (χ1n) is 17.6. The van der Waals surface area contributed by atoms with Crippen LogP contribution in [0.4, 0.5) is 0 Å². The number of hydrogen-bond donors (Lipinski definition) is 0. The predicted octanol–water partition coefficient (Wildman–Crippen LogP) is 11.4. The average molecular weight is 691 g/mol. The fraction of sp³-hybridized carbons (Fsp3) is 0. The van der Waals surface area contributed by atoms with Gasteiger partial charge in [-0.1, -0.05) is 152 Å². The normalized spacial score (nSPS) is 10.9. The highest BCUT2D eigenvalue weighted by molar-refractivity contribution is 5.94. The van der Waals surface area contributed by atoms with Crippen LogP contribution < -0.4 is 0 Å². The van der Waals surface area contributed by atoms with Gasteiger partial charge in [0.15, 0.2) is 23.3 Å². The number of aromatic nitrogens is 5. The van der Waals surface area contributed by atoms with E-state index in [0.717, 1.165) is 66.7 Å². The minimum Gasteiger partial charge on any atom is -0.228 e. The van der Waals surface area contributed by atoms with Crippen molar-refractivity contribution < 1.29 is 0 Å². The maximum Gasteiger partial charge on any atom is 0.164 e. The third-order valence-corrected chi connectivity index (χ3v) is 9.36. The zero-order valence-corrected chi connectivity index (χ0v) is 29.0. The summed E-state index contributed by atoms with van der Waals surface area (Å²) in [5, 5.41) is 10.5. The molecule has 9 aromatic rings. The van der Waals surface area contributed by atoms with Gasteiger partial charge >= 0.3 is 0 Å². The lowest BCUT2D eigenvalue weighted by atomic mass is 9.97. The predicted molar refractivity (Wildman–Crippen MR) is 216 cm³/mol. The van der Waals surface area contributed by atoms with Gasteiger partial charge in [-0.3, -0.25) is 0 Å². The monoisotopic (exact) mass is 690 g/mol. The van der Waals surface area contributed by atoms with Crippen molar-refractivity contribution in [3.63, 3.8) is 0 Å². The number of fused-ring (bicyclic) bond motifs is 1. The molecule has 2 heterocycles. The van der Waals surface area contributed by atoms with E-state index in [-0.39, 0.29) is 0 Å². The second kappa shape index (κ2) is 14.2. The standard InChI is InChI=1S/C48H30N6/c49-31-32-14-11-19-35(28-32)36-20-12-22-38(29-36)47-52-45(34-17-5-2-6-18-34)53-48(54-47)41-25-8-7-24-40(41)37-21-13-23-39(30-37)46-50-43-27-10-9-26-42(43)44(51-46)33-15-3-1-4-16-33/h1-30H. The van der Waals surface area contributed by atoms with Gasteiger partial charge in [0, 0.05) is 33.2 Å². The van der Waals surface area contributed by atoms with Crippen molar-refractivity contribution in [1.82, 2.24) is 24.9 Å². The Kier molecular flexibility index (Phi) is 8.48. The van der Waals surface area contributed by atoms with Crippen molar-refractivity contribution >= 4 is 10.9 Å². The minimum atomic E-state index is 0.554. The minimum absolute atomic E-state index is 0.554. The number of benzene rings is 7. The van der Waals surface area contributed by atoms with E-state index >= 15 is 0 Å². The molecule has 9 rings (SSSR count). The summed E-state index contributed by atoms with van der Waals surface area (Å²) in [7, 11) is 0. The van der Waals surface area contributed by atoms with Crippen molar-refractivity contribution in [3.8, 4) is 85.1 Å². The molecule has 54 heavy (non-hydrogen) atoms.